The minimum Gasteiger partial charge on any atom is -0.490 e. The molecule has 1 saturated heterocycles. The monoisotopic (exact) mass is 268 g/mol. The van der Waals surface area contributed by atoms with Gasteiger partial charge in [0.05, 0.1) is 18.2 Å². The van der Waals surface area contributed by atoms with E-state index in [0.29, 0.717) is 13.2 Å². The standard InChI is InChI=1S/C13H16N2O2.ClH/c1-9-2-3-11-12(6-9)17-5-4-15(11)13(16)10-7-14-8-10;/h2-3,6,10,14H,4-5,7-8H2,1H3;1H. The zero-order valence-corrected chi connectivity index (χ0v) is 11.1. The van der Waals surface area contributed by atoms with Crippen LogP contribution < -0.4 is 15.0 Å². The topological polar surface area (TPSA) is 41.6 Å². The third kappa shape index (κ3) is 2.18. The highest BCUT2D eigenvalue weighted by molar-refractivity contribution is 5.97. The van der Waals surface area contributed by atoms with Gasteiger partial charge in [-0.2, -0.15) is 0 Å². The molecule has 1 fully saturated rings. The zero-order chi connectivity index (χ0) is 11.8. The minimum absolute atomic E-state index is 0. The van der Waals surface area contributed by atoms with Crippen molar-refractivity contribution in [3.05, 3.63) is 23.8 Å². The van der Waals surface area contributed by atoms with Gasteiger partial charge in [0, 0.05) is 13.1 Å². The second kappa shape index (κ2) is 5.16. The molecule has 0 aromatic heterocycles. The Labute approximate surface area is 113 Å². The Bertz CT molecular complexity index is 460. The summed E-state index contributed by atoms with van der Waals surface area (Å²) in [5.74, 6) is 1.19. The van der Waals surface area contributed by atoms with Crippen LogP contribution in [0.4, 0.5) is 5.69 Å². The first kappa shape index (κ1) is 13.2. The molecule has 2 aliphatic rings. The molecule has 0 unspecified atom stereocenters. The summed E-state index contributed by atoms with van der Waals surface area (Å²) >= 11 is 0. The fourth-order valence-corrected chi connectivity index (χ4v) is 2.24. The lowest BCUT2D eigenvalue weighted by Gasteiger charge is -2.35. The molecular weight excluding hydrogens is 252 g/mol. The van der Waals surface area contributed by atoms with E-state index >= 15 is 0 Å². The number of ether oxygens (including phenoxy) is 1. The van der Waals surface area contributed by atoms with Crippen molar-refractivity contribution in [1.82, 2.24) is 5.32 Å². The van der Waals surface area contributed by atoms with Gasteiger partial charge in [0.1, 0.15) is 12.4 Å². The second-order valence-electron chi connectivity index (χ2n) is 4.66. The highest BCUT2D eigenvalue weighted by atomic mass is 35.5. The van der Waals surface area contributed by atoms with E-state index in [9.17, 15) is 4.79 Å². The number of fused-ring (bicyclic) bond motifs is 1. The highest BCUT2D eigenvalue weighted by Gasteiger charge is 2.32. The van der Waals surface area contributed by atoms with Gasteiger partial charge in [-0.1, -0.05) is 6.07 Å². The number of carbonyl (C=O) groups excluding carboxylic acids is 1. The summed E-state index contributed by atoms with van der Waals surface area (Å²) in [5, 5.41) is 3.14. The Balaban J connectivity index is 0.00000120. The van der Waals surface area contributed by atoms with Crippen molar-refractivity contribution in [3.8, 4) is 5.75 Å². The van der Waals surface area contributed by atoms with Gasteiger partial charge in [0.15, 0.2) is 0 Å². The second-order valence-corrected chi connectivity index (χ2v) is 4.66. The van der Waals surface area contributed by atoms with E-state index in [1.807, 2.05) is 30.0 Å². The predicted octanol–water partition coefficient (Wildman–Crippen LogP) is 1.36. The van der Waals surface area contributed by atoms with Crippen LogP contribution in [-0.4, -0.2) is 32.1 Å². The van der Waals surface area contributed by atoms with Crippen LogP contribution in [0.3, 0.4) is 0 Å². The highest BCUT2D eigenvalue weighted by Crippen LogP contribution is 2.33. The van der Waals surface area contributed by atoms with Crippen molar-refractivity contribution in [3.63, 3.8) is 0 Å². The molecule has 0 aliphatic carbocycles. The summed E-state index contributed by atoms with van der Waals surface area (Å²) in [6.45, 7) is 4.88. The van der Waals surface area contributed by atoms with Crippen molar-refractivity contribution in [2.45, 2.75) is 6.92 Å². The maximum Gasteiger partial charge on any atom is 0.232 e. The normalized spacial score (nSPS) is 18.2. The Morgan fingerprint density at radius 1 is 1.44 bits per heavy atom. The number of hydrogen-bond donors (Lipinski definition) is 1. The first-order valence-corrected chi connectivity index (χ1v) is 6.01. The van der Waals surface area contributed by atoms with E-state index in [4.69, 9.17) is 4.74 Å². The van der Waals surface area contributed by atoms with Gasteiger partial charge in [-0.3, -0.25) is 4.79 Å². The molecule has 5 heteroatoms. The van der Waals surface area contributed by atoms with E-state index in [2.05, 4.69) is 5.32 Å². The Morgan fingerprint density at radius 3 is 2.89 bits per heavy atom. The van der Waals surface area contributed by atoms with Crippen LogP contribution in [0.1, 0.15) is 5.56 Å². The van der Waals surface area contributed by atoms with Crippen LogP contribution in [0.5, 0.6) is 5.75 Å². The quantitative estimate of drug-likeness (QED) is 0.836. The molecule has 1 aromatic carbocycles. The number of benzene rings is 1. The van der Waals surface area contributed by atoms with Gasteiger partial charge in [-0.25, -0.2) is 0 Å². The molecule has 2 heterocycles. The van der Waals surface area contributed by atoms with E-state index < -0.39 is 0 Å². The van der Waals surface area contributed by atoms with Crippen LogP contribution in [0, 0.1) is 12.8 Å². The molecule has 0 saturated carbocycles. The van der Waals surface area contributed by atoms with Crippen molar-refractivity contribution in [2.24, 2.45) is 5.92 Å². The number of nitrogens with zero attached hydrogens (tertiary/aromatic N) is 1. The lowest BCUT2D eigenvalue weighted by Crippen LogP contribution is -2.53. The van der Waals surface area contributed by atoms with Crippen LogP contribution in [0.25, 0.3) is 0 Å². The van der Waals surface area contributed by atoms with Crippen molar-refractivity contribution >= 4 is 24.0 Å². The fraction of sp³-hybridized carbons (Fsp3) is 0.462. The molecule has 18 heavy (non-hydrogen) atoms. The Hall–Kier alpha value is -1.26. The molecule has 0 radical (unpaired) electrons. The molecule has 0 bridgehead atoms. The molecule has 98 valence electrons. The average molecular weight is 269 g/mol. The van der Waals surface area contributed by atoms with Gasteiger partial charge in [0.2, 0.25) is 5.91 Å². The number of aryl methyl sites for hydroxylation is 1. The number of carbonyl (C=O) groups is 1. The Kier molecular flexibility index (Phi) is 3.78. The predicted molar refractivity (Wildman–Crippen MR) is 72.6 cm³/mol. The number of hydrogen-bond acceptors (Lipinski definition) is 3. The van der Waals surface area contributed by atoms with E-state index in [0.717, 1.165) is 30.1 Å². The molecule has 4 nitrogen and oxygen atoms in total. The van der Waals surface area contributed by atoms with Crippen molar-refractivity contribution < 1.29 is 9.53 Å². The number of anilines is 1. The molecular formula is C13H17ClN2O2. The lowest BCUT2D eigenvalue weighted by atomic mass is 10.0. The summed E-state index contributed by atoms with van der Waals surface area (Å²) < 4.78 is 5.61. The van der Waals surface area contributed by atoms with Crippen LogP contribution in [0.15, 0.2) is 18.2 Å². The van der Waals surface area contributed by atoms with Crippen LogP contribution in [-0.2, 0) is 4.79 Å². The molecule has 0 atom stereocenters. The fourth-order valence-electron chi connectivity index (χ4n) is 2.24. The Morgan fingerprint density at radius 2 is 2.22 bits per heavy atom. The van der Waals surface area contributed by atoms with Gasteiger partial charge in [0.25, 0.3) is 0 Å². The SMILES string of the molecule is Cc1ccc2c(c1)OCCN2C(=O)C1CNC1.Cl. The van der Waals surface area contributed by atoms with Gasteiger partial charge >= 0.3 is 0 Å². The molecule has 1 N–H and O–H groups in total. The zero-order valence-electron chi connectivity index (χ0n) is 10.3. The third-order valence-electron chi connectivity index (χ3n) is 3.38. The molecule has 2 aliphatic heterocycles. The molecule has 1 aromatic rings. The summed E-state index contributed by atoms with van der Waals surface area (Å²) in [6.07, 6.45) is 0. The maximum atomic E-state index is 12.3. The van der Waals surface area contributed by atoms with Crippen molar-refractivity contribution in [2.75, 3.05) is 31.1 Å². The summed E-state index contributed by atoms with van der Waals surface area (Å²) in [6, 6.07) is 5.99. The van der Waals surface area contributed by atoms with Gasteiger partial charge < -0.3 is 15.0 Å². The van der Waals surface area contributed by atoms with Gasteiger partial charge in [-0.15, -0.1) is 12.4 Å². The van der Waals surface area contributed by atoms with Crippen LogP contribution in [0.2, 0.25) is 0 Å². The lowest BCUT2D eigenvalue weighted by molar-refractivity contribution is -0.124. The van der Waals surface area contributed by atoms with Crippen molar-refractivity contribution in [1.29, 1.82) is 0 Å². The number of halogens is 1. The van der Waals surface area contributed by atoms with E-state index in [1.54, 1.807) is 0 Å². The summed E-state index contributed by atoms with van der Waals surface area (Å²) in [5.41, 5.74) is 2.07. The number of rotatable bonds is 1. The average Bonchev–Trinajstić information content (AvgIpc) is 2.25. The summed E-state index contributed by atoms with van der Waals surface area (Å²) in [7, 11) is 0. The maximum absolute atomic E-state index is 12.3. The molecule has 1 amide bonds. The van der Waals surface area contributed by atoms with Crippen LogP contribution >= 0.6 is 12.4 Å². The minimum atomic E-state index is 0. The van der Waals surface area contributed by atoms with Gasteiger partial charge in [-0.05, 0) is 24.6 Å². The summed E-state index contributed by atoms with van der Waals surface area (Å²) in [4.78, 5) is 14.1. The largest absolute Gasteiger partial charge is 0.490 e. The number of amides is 1. The van der Waals surface area contributed by atoms with E-state index in [-0.39, 0.29) is 24.2 Å². The first-order valence-electron chi connectivity index (χ1n) is 6.01. The molecule has 3 rings (SSSR count). The molecule has 0 spiro atoms. The number of nitrogens with one attached hydrogen (secondary N) is 1. The smallest absolute Gasteiger partial charge is 0.232 e. The van der Waals surface area contributed by atoms with E-state index in [1.165, 1.54) is 0 Å². The third-order valence-corrected chi connectivity index (χ3v) is 3.38. The first-order chi connectivity index (χ1) is 8.25.